The highest BCUT2D eigenvalue weighted by Crippen LogP contribution is 2.19. The van der Waals surface area contributed by atoms with Crippen molar-refractivity contribution < 1.29 is 4.74 Å². The normalized spacial score (nSPS) is 17.7. The van der Waals surface area contributed by atoms with Gasteiger partial charge < -0.3 is 15.0 Å². The molecule has 0 atom stereocenters. The van der Waals surface area contributed by atoms with Crippen LogP contribution in [0.15, 0.2) is 6.07 Å². The van der Waals surface area contributed by atoms with Crippen molar-refractivity contribution in [3.63, 3.8) is 0 Å². The van der Waals surface area contributed by atoms with Crippen LogP contribution in [-0.2, 0) is 6.42 Å². The molecule has 5 nitrogen and oxygen atoms in total. The Labute approximate surface area is 109 Å². The van der Waals surface area contributed by atoms with Gasteiger partial charge in [0.2, 0.25) is 5.88 Å². The number of hydrogen-bond acceptors (Lipinski definition) is 5. The van der Waals surface area contributed by atoms with Gasteiger partial charge in [-0.2, -0.15) is 4.98 Å². The Balaban J connectivity index is 2.03. The molecule has 0 saturated carbocycles. The van der Waals surface area contributed by atoms with Gasteiger partial charge in [0.1, 0.15) is 17.7 Å². The van der Waals surface area contributed by atoms with Crippen molar-refractivity contribution in [2.24, 2.45) is 0 Å². The molecule has 1 aromatic rings. The number of piperidine rings is 1. The van der Waals surface area contributed by atoms with Gasteiger partial charge >= 0.3 is 0 Å². The van der Waals surface area contributed by atoms with Gasteiger partial charge in [-0.1, -0.05) is 6.92 Å². The maximum atomic E-state index is 5.97. The summed E-state index contributed by atoms with van der Waals surface area (Å²) in [6.45, 7) is 4.23. The molecule has 1 aliphatic heterocycles. The minimum atomic E-state index is 0.283. The van der Waals surface area contributed by atoms with E-state index in [1.807, 2.05) is 20.0 Å². The van der Waals surface area contributed by atoms with Crippen LogP contribution < -0.4 is 10.1 Å². The first kappa shape index (κ1) is 13.1. The third kappa shape index (κ3) is 3.32. The van der Waals surface area contributed by atoms with E-state index in [-0.39, 0.29) is 6.10 Å². The minimum absolute atomic E-state index is 0.283. The van der Waals surface area contributed by atoms with Gasteiger partial charge in [0.05, 0.1) is 0 Å². The Kier molecular flexibility index (Phi) is 4.36. The summed E-state index contributed by atoms with van der Waals surface area (Å²) in [6, 6.07) is 1.87. The molecule has 0 unspecified atom stereocenters. The van der Waals surface area contributed by atoms with Crippen LogP contribution in [0.4, 0.5) is 5.82 Å². The van der Waals surface area contributed by atoms with Gasteiger partial charge in [-0.25, -0.2) is 4.98 Å². The predicted octanol–water partition coefficient (Wildman–Crippen LogP) is 1.55. The van der Waals surface area contributed by atoms with E-state index in [1.54, 1.807) is 0 Å². The number of nitrogens with zero attached hydrogens (tertiary/aromatic N) is 3. The van der Waals surface area contributed by atoms with Crippen molar-refractivity contribution in [1.82, 2.24) is 14.9 Å². The number of likely N-dealkylation sites (tertiary alicyclic amines) is 1. The second kappa shape index (κ2) is 6.00. The summed E-state index contributed by atoms with van der Waals surface area (Å²) < 4.78 is 5.97. The third-order valence-electron chi connectivity index (χ3n) is 3.27. The summed E-state index contributed by atoms with van der Waals surface area (Å²) in [7, 11) is 4.01. The summed E-state index contributed by atoms with van der Waals surface area (Å²) in [5.74, 6) is 2.34. The van der Waals surface area contributed by atoms with Crippen molar-refractivity contribution in [2.45, 2.75) is 32.3 Å². The molecule has 100 valence electrons. The van der Waals surface area contributed by atoms with Crippen molar-refractivity contribution >= 4 is 5.82 Å². The van der Waals surface area contributed by atoms with E-state index in [0.29, 0.717) is 5.88 Å². The van der Waals surface area contributed by atoms with Crippen LogP contribution in [0.1, 0.15) is 25.6 Å². The van der Waals surface area contributed by atoms with E-state index in [2.05, 4.69) is 27.2 Å². The molecule has 2 rings (SSSR count). The summed E-state index contributed by atoms with van der Waals surface area (Å²) in [5, 5.41) is 3.05. The summed E-state index contributed by atoms with van der Waals surface area (Å²) >= 11 is 0. The highest BCUT2D eigenvalue weighted by atomic mass is 16.5. The number of aryl methyl sites for hydroxylation is 1. The molecule has 0 spiro atoms. The molecule has 0 aliphatic carbocycles. The van der Waals surface area contributed by atoms with Gasteiger partial charge in [0.25, 0.3) is 0 Å². The van der Waals surface area contributed by atoms with Crippen LogP contribution in [0.5, 0.6) is 5.88 Å². The maximum Gasteiger partial charge on any atom is 0.218 e. The zero-order valence-corrected chi connectivity index (χ0v) is 11.4. The van der Waals surface area contributed by atoms with Crippen LogP contribution in [0.3, 0.4) is 0 Å². The molecule has 0 amide bonds. The minimum Gasteiger partial charge on any atom is -0.474 e. The molecule has 0 aromatic carbocycles. The lowest BCUT2D eigenvalue weighted by Crippen LogP contribution is -2.35. The van der Waals surface area contributed by atoms with E-state index in [1.165, 1.54) is 0 Å². The van der Waals surface area contributed by atoms with Crippen LogP contribution in [0.25, 0.3) is 0 Å². The molecule has 1 fully saturated rings. The average Bonchev–Trinajstić information content (AvgIpc) is 2.41. The van der Waals surface area contributed by atoms with Gasteiger partial charge in [-0.15, -0.1) is 0 Å². The van der Waals surface area contributed by atoms with Gasteiger partial charge in [-0.05, 0) is 19.9 Å². The average molecular weight is 250 g/mol. The van der Waals surface area contributed by atoms with E-state index in [4.69, 9.17) is 4.74 Å². The number of nitrogens with one attached hydrogen (secondary N) is 1. The molecule has 1 aliphatic rings. The summed E-state index contributed by atoms with van der Waals surface area (Å²) in [4.78, 5) is 11.1. The predicted molar refractivity (Wildman–Crippen MR) is 72.1 cm³/mol. The maximum absolute atomic E-state index is 5.97. The van der Waals surface area contributed by atoms with Crippen LogP contribution >= 0.6 is 0 Å². The van der Waals surface area contributed by atoms with Crippen LogP contribution in [0, 0.1) is 0 Å². The fraction of sp³-hybridized carbons (Fsp3) is 0.692. The van der Waals surface area contributed by atoms with E-state index >= 15 is 0 Å². The SMILES string of the molecule is CCc1nc(NC)cc(OC2CCN(C)CC2)n1. The number of anilines is 1. The van der Waals surface area contributed by atoms with E-state index in [9.17, 15) is 0 Å². The largest absolute Gasteiger partial charge is 0.474 e. The van der Waals surface area contributed by atoms with Crippen molar-refractivity contribution in [2.75, 3.05) is 32.5 Å². The van der Waals surface area contributed by atoms with E-state index in [0.717, 1.165) is 44.0 Å². The standard InChI is InChI=1S/C13H22N4O/c1-4-11-15-12(14-2)9-13(16-11)18-10-5-7-17(3)8-6-10/h9-10H,4-8H2,1-3H3,(H,14,15,16). The van der Waals surface area contributed by atoms with Gasteiger partial charge in [-0.3, -0.25) is 0 Å². The van der Waals surface area contributed by atoms with Crippen molar-refractivity contribution in [3.05, 3.63) is 11.9 Å². The first-order valence-corrected chi connectivity index (χ1v) is 6.62. The summed E-state index contributed by atoms with van der Waals surface area (Å²) in [6.07, 6.45) is 3.23. The number of hydrogen-bond donors (Lipinski definition) is 1. The molecule has 1 N–H and O–H groups in total. The molecule has 1 aromatic heterocycles. The Morgan fingerprint density at radius 3 is 2.72 bits per heavy atom. The first-order chi connectivity index (χ1) is 8.71. The molecule has 2 heterocycles. The highest BCUT2D eigenvalue weighted by molar-refractivity contribution is 5.37. The topological polar surface area (TPSA) is 50.3 Å². The molecule has 1 saturated heterocycles. The van der Waals surface area contributed by atoms with E-state index < -0.39 is 0 Å². The molecule has 0 bridgehead atoms. The Hall–Kier alpha value is -1.36. The molecular weight excluding hydrogens is 228 g/mol. The quantitative estimate of drug-likeness (QED) is 0.878. The lowest BCUT2D eigenvalue weighted by molar-refractivity contribution is 0.109. The zero-order valence-electron chi connectivity index (χ0n) is 11.4. The smallest absolute Gasteiger partial charge is 0.218 e. The summed E-state index contributed by atoms with van der Waals surface area (Å²) in [5.41, 5.74) is 0. The molecule has 5 heteroatoms. The Morgan fingerprint density at radius 2 is 2.11 bits per heavy atom. The third-order valence-corrected chi connectivity index (χ3v) is 3.27. The van der Waals surface area contributed by atoms with Gasteiger partial charge in [0, 0.05) is 32.6 Å². The Morgan fingerprint density at radius 1 is 1.39 bits per heavy atom. The molecular formula is C13H22N4O. The first-order valence-electron chi connectivity index (χ1n) is 6.62. The Bertz CT molecular complexity index is 366. The lowest BCUT2D eigenvalue weighted by Gasteiger charge is -2.29. The fourth-order valence-electron chi connectivity index (χ4n) is 2.09. The molecule has 18 heavy (non-hydrogen) atoms. The number of rotatable bonds is 4. The second-order valence-corrected chi connectivity index (χ2v) is 4.73. The van der Waals surface area contributed by atoms with Crippen LogP contribution in [0.2, 0.25) is 0 Å². The number of ether oxygens (including phenoxy) is 1. The zero-order chi connectivity index (χ0) is 13.0. The van der Waals surface area contributed by atoms with Gasteiger partial charge in [0.15, 0.2) is 0 Å². The number of aromatic nitrogens is 2. The molecule has 0 radical (unpaired) electrons. The van der Waals surface area contributed by atoms with Crippen molar-refractivity contribution in [3.8, 4) is 5.88 Å². The van der Waals surface area contributed by atoms with Crippen molar-refractivity contribution in [1.29, 1.82) is 0 Å². The monoisotopic (exact) mass is 250 g/mol. The second-order valence-electron chi connectivity index (χ2n) is 4.73. The lowest BCUT2D eigenvalue weighted by atomic mass is 10.1. The fourth-order valence-corrected chi connectivity index (χ4v) is 2.09. The van der Waals surface area contributed by atoms with Crippen LogP contribution in [-0.4, -0.2) is 48.2 Å². The highest BCUT2D eigenvalue weighted by Gasteiger charge is 2.18.